The monoisotopic (exact) mass is 308 g/mol. The van der Waals surface area contributed by atoms with Crippen LogP contribution in [0.4, 0.5) is 0 Å². The molecule has 0 radical (unpaired) electrons. The Balaban J connectivity index is 2.21. The van der Waals surface area contributed by atoms with E-state index in [1.54, 1.807) is 0 Å². The first kappa shape index (κ1) is 9.84. The molecule has 0 aliphatic heterocycles. The zero-order valence-corrected chi connectivity index (χ0v) is 10.2. The van der Waals surface area contributed by atoms with Crippen molar-refractivity contribution in [3.8, 4) is 0 Å². The summed E-state index contributed by atoms with van der Waals surface area (Å²) in [6, 6.07) is 0. The minimum Gasteiger partial charge on any atom is -0.298 e. The Morgan fingerprint density at radius 3 is 1.62 bits per heavy atom. The van der Waals surface area contributed by atoms with Crippen LogP contribution < -0.4 is 0 Å². The van der Waals surface area contributed by atoms with Gasteiger partial charge in [-0.15, -0.1) is 0 Å². The van der Waals surface area contributed by atoms with Crippen LogP contribution in [-0.2, 0) is 9.59 Å². The number of carbonyl (C=O) groups excluding carboxylic acids is 2. The Bertz CT molecular complexity index is 234. The van der Waals surface area contributed by atoms with Gasteiger partial charge in [0, 0.05) is 11.8 Å². The number of alkyl halides is 2. The molecule has 2 nitrogen and oxygen atoms in total. The van der Waals surface area contributed by atoms with Crippen LogP contribution in [0.15, 0.2) is 0 Å². The van der Waals surface area contributed by atoms with Crippen molar-refractivity contribution in [2.45, 2.75) is 28.9 Å². The first-order chi connectivity index (χ1) is 6.09. The van der Waals surface area contributed by atoms with Gasteiger partial charge < -0.3 is 0 Å². The lowest BCUT2D eigenvalue weighted by Gasteiger charge is -2.36. The molecule has 0 aromatic rings. The van der Waals surface area contributed by atoms with E-state index in [9.17, 15) is 9.59 Å². The molecule has 2 rings (SSSR count). The van der Waals surface area contributed by atoms with Crippen molar-refractivity contribution in [1.82, 2.24) is 0 Å². The van der Waals surface area contributed by atoms with Crippen LogP contribution in [0.3, 0.4) is 0 Å². The molecular weight excluding hydrogens is 300 g/mol. The molecule has 0 saturated heterocycles. The summed E-state index contributed by atoms with van der Waals surface area (Å²) in [4.78, 5) is 23.1. The minimum atomic E-state index is -0.0831. The Morgan fingerprint density at radius 1 is 0.846 bits per heavy atom. The zero-order valence-electron chi connectivity index (χ0n) is 7.00. The number of carbonyl (C=O) groups is 2. The van der Waals surface area contributed by atoms with Crippen LogP contribution in [0, 0.1) is 11.8 Å². The second kappa shape index (κ2) is 3.46. The quantitative estimate of drug-likeness (QED) is 0.642. The lowest BCUT2D eigenvalue weighted by Crippen LogP contribution is -2.45. The summed E-state index contributed by atoms with van der Waals surface area (Å²) in [6.45, 7) is 0. The molecule has 0 N–H and O–H groups in total. The average Bonchev–Trinajstić information content (AvgIpc) is 2.09. The van der Waals surface area contributed by atoms with E-state index >= 15 is 0 Å². The highest BCUT2D eigenvalue weighted by Crippen LogP contribution is 2.40. The third kappa shape index (κ3) is 1.63. The maximum absolute atomic E-state index is 11.6. The molecule has 2 aliphatic rings. The van der Waals surface area contributed by atoms with Crippen LogP contribution in [0.5, 0.6) is 0 Å². The molecule has 0 spiro atoms. The molecular formula is C9H10Br2O2. The molecule has 4 heteroatoms. The maximum atomic E-state index is 11.6. The van der Waals surface area contributed by atoms with Gasteiger partial charge in [0.2, 0.25) is 0 Å². The summed E-state index contributed by atoms with van der Waals surface area (Å²) in [7, 11) is 0. The van der Waals surface area contributed by atoms with Gasteiger partial charge in [0.15, 0.2) is 0 Å². The lowest BCUT2D eigenvalue weighted by molar-refractivity contribution is -0.133. The van der Waals surface area contributed by atoms with Gasteiger partial charge in [-0.2, -0.15) is 0 Å². The molecule has 0 amide bonds. The van der Waals surface area contributed by atoms with E-state index in [-0.39, 0.29) is 33.1 Å². The summed E-state index contributed by atoms with van der Waals surface area (Å²) < 4.78 is 0. The molecule has 2 bridgehead atoms. The number of rotatable bonds is 0. The van der Waals surface area contributed by atoms with E-state index in [1.807, 2.05) is 0 Å². The summed E-state index contributed by atoms with van der Waals surface area (Å²) in [5.74, 6) is 0.775. The van der Waals surface area contributed by atoms with Crippen LogP contribution in [-0.4, -0.2) is 21.2 Å². The number of Topliss-reactive ketones (excluding diaryl/α,β-unsaturated/α-hetero) is 2. The summed E-state index contributed by atoms with van der Waals surface area (Å²) in [5.41, 5.74) is 0. The van der Waals surface area contributed by atoms with Crippen molar-refractivity contribution in [3.05, 3.63) is 0 Å². The van der Waals surface area contributed by atoms with Gasteiger partial charge in [-0.25, -0.2) is 0 Å². The van der Waals surface area contributed by atoms with Crippen molar-refractivity contribution in [2.75, 3.05) is 0 Å². The SMILES string of the molecule is O=C1[C@H]2C[C@@H](C[C@@H]1Br)C(=O)[C@@H](Br)C2. The summed E-state index contributed by atoms with van der Waals surface area (Å²) in [5, 5.41) is 0. The molecule has 0 aromatic heterocycles. The van der Waals surface area contributed by atoms with Gasteiger partial charge in [-0.1, -0.05) is 31.9 Å². The molecule has 2 fully saturated rings. The third-order valence-electron chi connectivity index (χ3n) is 2.97. The van der Waals surface area contributed by atoms with Crippen molar-refractivity contribution >= 4 is 43.4 Å². The Labute approximate surface area is 93.7 Å². The summed E-state index contributed by atoms with van der Waals surface area (Å²) in [6.07, 6.45) is 2.16. The fourth-order valence-corrected chi connectivity index (χ4v) is 3.89. The predicted octanol–water partition coefficient (Wildman–Crippen LogP) is 2.08. The second-order valence-electron chi connectivity index (χ2n) is 3.84. The van der Waals surface area contributed by atoms with E-state index in [0.717, 1.165) is 6.42 Å². The Kier molecular flexibility index (Phi) is 2.62. The molecule has 2 saturated carbocycles. The fraction of sp³-hybridized carbons (Fsp3) is 0.778. The molecule has 13 heavy (non-hydrogen) atoms. The first-order valence-corrected chi connectivity index (χ1v) is 6.28. The fourth-order valence-electron chi connectivity index (χ4n) is 2.24. The van der Waals surface area contributed by atoms with Gasteiger partial charge in [0.25, 0.3) is 0 Å². The molecule has 0 aromatic carbocycles. The minimum absolute atomic E-state index is 0.0831. The number of ketones is 2. The number of halogens is 2. The van der Waals surface area contributed by atoms with Gasteiger partial charge in [-0.05, 0) is 19.3 Å². The summed E-state index contributed by atoms with van der Waals surface area (Å²) >= 11 is 6.68. The highest BCUT2D eigenvalue weighted by molar-refractivity contribution is 9.10. The van der Waals surface area contributed by atoms with Crippen molar-refractivity contribution < 1.29 is 9.59 Å². The van der Waals surface area contributed by atoms with E-state index in [2.05, 4.69) is 31.9 Å². The highest BCUT2D eigenvalue weighted by Gasteiger charge is 2.44. The lowest BCUT2D eigenvalue weighted by atomic mass is 9.71. The van der Waals surface area contributed by atoms with E-state index in [1.165, 1.54) is 0 Å². The van der Waals surface area contributed by atoms with Crippen molar-refractivity contribution in [1.29, 1.82) is 0 Å². The molecule has 2 aliphatic carbocycles. The average molecular weight is 310 g/mol. The maximum Gasteiger partial charge on any atom is 0.149 e. The van der Waals surface area contributed by atoms with Crippen molar-refractivity contribution in [2.24, 2.45) is 11.8 Å². The van der Waals surface area contributed by atoms with Gasteiger partial charge >= 0.3 is 0 Å². The topological polar surface area (TPSA) is 34.1 Å². The van der Waals surface area contributed by atoms with E-state index in [0.29, 0.717) is 12.8 Å². The molecule has 4 atom stereocenters. The number of hydrogen-bond donors (Lipinski definition) is 0. The largest absolute Gasteiger partial charge is 0.298 e. The number of fused-ring (bicyclic) bond motifs is 2. The van der Waals surface area contributed by atoms with Crippen LogP contribution in [0.1, 0.15) is 19.3 Å². The van der Waals surface area contributed by atoms with E-state index in [4.69, 9.17) is 0 Å². The van der Waals surface area contributed by atoms with Gasteiger partial charge in [0.1, 0.15) is 11.6 Å². The van der Waals surface area contributed by atoms with Crippen molar-refractivity contribution in [3.63, 3.8) is 0 Å². The molecule has 0 heterocycles. The van der Waals surface area contributed by atoms with Crippen LogP contribution in [0.2, 0.25) is 0 Å². The van der Waals surface area contributed by atoms with Gasteiger partial charge in [0.05, 0.1) is 9.65 Å². The zero-order chi connectivity index (χ0) is 9.59. The second-order valence-corrected chi connectivity index (χ2v) is 6.05. The molecule has 72 valence electrons. The Hall–Kier alpha value is 0.300. The Morgan fingerprint density at radius 2 is 1.23 bits per heavy atom. The van der Waals surface area contributed by atoms with E-state index < -0.39 is 0 Å². The number of hydrogen-bond acceptors (Lipinski definition) is 2. The third-order valence-corrected chi connectivity index (χ3v) is 4.62. The van der Waals surface area contributed by atoms with Crippen LogP contribution >= 0.6 is 31.9 Å². The highest BCUT2D eigenvalue weighted by atomic mass is 79.9. The normalized spacial score (nSPS) is 45.1. The smallest absolute Gasteiger partial charge is 0.149 e. The first-order valence-electron chi connectivity index (χ1n) is 4.45. The predicted molar refractivity (Wildman–Crippen MR) is 56.3 cm³/mol. The van der Waals surface area contributed by atoms with Crippen LogP contribution in [0.25, 0.3) is 0 Å². The molecule has 0 unspecified atom stereocenters. The van der Waals surface area contributed by atoms with Gasteiger partial charge in [-0.3, -0.25) is 9.59 Å². The standard InChI is InChI=1S/C9H10Br2O2/c10-6-2-4-1-5(9(6)13)3-7(11)8(4)12/h4-7H,1-3H2/t4-,5-,6-,7-/m0/s1.